The normalized spacial score (nSPS) is 13.3. The Kier molecular flexibility index (Phi) is 4.31. The van der Waals surface area contributed by atoms with Crippen LogP contribution in [-0.2, 0) is 19.4 Å². The third kappa shape index (κ3) is 3.39. The third-order valence-corrected chi connectivity index (χ3v) is 4.50. The van der Waals surface area contributed by atoms with E-state index >= 15 is 0 Å². The topological polar surface area (TPSA) is 85.0 Å². The summed E-state index contributed by atoms with van der Waals surface area (Å²) in [6.07, 6.45) is 2.91. The van der Waals surface area contributed by atoms with E-state index in [0.29, 0.717) is 24.6 Å². The molecule has 2 aromatic heterocycles. The Morgan fingerprint density at radius 2 is 1.92 bits per heavy atom. The Balaban J connectivity index is 1.53. The second-order valence-corrected chi connectivity index (χ2v) is 6.34. The van der Waals surface area contributed by atoms with Gasteiger partial charge in [-0.05, 0) is 17.7 Å². The summed E-state index contributed by atoms with van der Waals surface area (Å²) < 4.78 is 0. The molecule has 0 radical (unpaired) electrons. The summed E-state index contributed by atoms with van der Waals surface area (Å²) in [7, 11) is 0. The number of nitrogens with zero attached hydrogens (tertiary/aromatic N) is 4. The number of benzene rings is 1. The lowest BCUT2D eigenvalue weighted by Crippen LogP contribution is -2.32. The van der Waals surface area contributed by atoms with Gasteiger partial charge in [0.2, 0.25) is 5.95 Å². The number of ketones is 1. The van der Waals surface area contributed by atoms with E-state index in [0.717, 1.165) is 35.6 Å². The van der Waals surface area contributed by atoms with Gasteiger partial charge >= 0.3 is 0 Å². The Bertz CT molecular complexity index is 942. The molecule has 0 saturated heterocycles. The first-order valence-electron chi connectivity index (χ1n) is 8.58. The lowest BCUT2D eigenvalue weighted by molar-refractivity contribution is 0.0988. The Labute approximate surface area is 151 Å². The van der Waals surface area contributed by atoms with Gasteiger partial charge in [0.15, 0.2) is 5.78 Å². The molecule has 0 spiro atoms. The van der Waals surface area contributed by atoms with E-state index in [1.165, 1.54) is 0 Å². The van der Waals surface area contributed by atoms with Gasteiger partial charge in [-0.2, -0.15) is 0 Å². The molecule has 1 aromatic carbocycles. The predicted octanol–water partition coefficient (Wildman–Crippen LogP) is 2.44. The van der Waals surface area contributed by atoms with Crippen molar-refractivity contribution in [3.8, 4) is 0 Å². The molecule has 0 saturated carbocycles. The molecule has 0 amide bonds. The first-order valence-corrected chi connectivity index (χ1v) is 8.58. The van der Waals surface area contributed by atoms with Crippen LogP contribution in [-0.4, -0.2) is 27.3 Å². The van der Waals surface area contributed by atoms with Crippen molar-refractivity contribution in [1.82, 2.24) is 15.0 Å². The van der Waals surface area contributed by atoms with Crippen LogP contribution in [0.25, 0.3) is 0 Å². The van der Waals surface area contributed by atoms with E-state index in [1.807, 2.05) is 42.5 Å². The predicted molar refractivity (Wildman–Crippen MR) is 99.9 cm³/mol. The number of rotatable bonds is 4. The highest BCUT2D eigenvalue weighted by Crippen LogP contribution is 2.22. The van der Waals surface area contributed by atoms with E-state index < -0.39 is 0 Å². The Morgan fingerprint density at radius 3 is 2.77 bits per heavy atom. The van der Waals surface area contributed by atoms with Crippen molar-refractivity contribution in [1.29, 1.82) is 0 Å². The molecule has 0 unspecified atom stereocenters. The third-order valence-electron chi connectivity index (χ3n) is 4.50. The largest absolute Gasteiger partial charge is 0.368 e. The number of carbonyl (C=O) groups is 1. The van der Waals surface area contributed by atoms with Gasteiger partial charge in [0, 0.05) is 37.7 Å². The summed E-state index contributed by atoms with van der Waals surface area (Å²) in [6, 6.07) is 15.3. The maximum absolute atomic E-state index is 12.6. The lowest BCUT2D eigenvalue weighted by atomic mass is 10.1. The number of carbonyl (C=O) groups excluding carboxylic acids is 1. The fourth-order valence-electron chi connectivity index (χ4n) is 3.15. The molecule has 0 atom stereocenters. The van der Waals surface area contributed by atoms with E-state index in [4.69, 9.17) is 5.73 Å². The van der Waals surface area contributed by atoms with Crippen molar-refractivity contribution in [2.45, 2.75) is 19.4 Å². The van der Waals surface area contributed by atoms with Crippen LogP contribution in [0.3, 0.4) is 0 Å². The van der Waals surface area contributed by atoms with Gasteiger partial charge in [-0.25, -0.2) is 15.0 Å². The number of anilines is 2. The number of pyridine rings is 1. The number of fused-ring (bicyclic) bond motifs is 1. The van der Waals surface area contributed by atoms with Crippen molar-refractivity contribution in [2.24, 2.45) is 0 Å². The van der Waals surface area contributed by atoms with Gasteiger partial charge in [0.25, 0.3) is 0 Å². The Hall–Kier alpha value is -3.28. The van der Waals surface area contributed by atoms with Crippen molar-refractivity contribution in [2.75, 3.05) is 17.2 Å². The number of hydrogen-bond acceptors (Lipinski definition) is 6. The number of aromatic nitrogens is 3. The second kappa shape index (κ2) is 6.92. The Morgan fingerprint density at radius 1 is 1.08 bits per heavy atom. The molecule has 3 heterocycles. The van der Waals surface area contributed by atoms with Crippen LogP contribution in [0, 0.1) is 0 Å². The molecular formula is C20H19N5O. The summed E-state index contributed by atoms with van der Waals surface area (Å²) >= 11 is 0. The maximum atomic E-state index is 12.6. The van der Waals surface area contributed by atoms with Gasteiger partial charge in [-0.1, -0.05) is 36.4 Å². The van der Waals surface area contributed by atoms with Crippen LogP contribution in [0.2, 0.25) is 0 Å². The molecule has 4 rings (SSSR count). The molecule has 0 fully saturated rings. The highest BCUT2D eigenvalue weighted by Gasteiger charge is 2.20. The average molecular weight is 345 g/mol. The van der Waals surface area contributed by atoms with Crippen LogP contribution in [0.15, 0.2) is 54.7 Å². The first-order chi connectivity index (χ1) is 12.7. The van der Waals surface area contributed by atoms with Crippen LogP contribution >= 0.6 is 0 Å². The maximum Gasteiger partial charge on any atom is 0.220 e. The van der Waals surface area contributed by atoms with Crippen molar-refractivity contribution >= 4 is 17.5 Å². The van der Waals surface area contributed by atoms with Crippen molar-refractivity contribution < 1.29 is 4.79 Å². The minimum atomic E-state index is 0.0200. The molecule has 2 N–H and O–H groups in total. The van der Waals surface area contributed by atoms with E-state index in [1.54, 1.807) is 12.3 Å². The molecule has 6 nitrogen and oxygen atoms in total. The van der Waals surface area contributed by atoms with Gasteiger partial charge in [-0.15, -0.1) is 0 Å². The van der Waals surface area contributed by atoms with Gasteiger partial charge in [-0.3, -0.25) is 4.79 Å². The van der Waals surface area contributed by atoms with Gasteiger partial charge in [0.05, 0.1) is 5.69 Å². The minimum Gasteiger partial charge on any atom is -0.368 e. The fourth-order valence-corrected chi connectivity index (χ4v) is 3.15. The average Bonchev–Trinajstić information content (AvgIpc) is 2.68. The first kappa shape index (κ1) is 16.2. The minimum absolute atomic E-state index is 0.0200. The van der Waals surface area contributed by atoms with Crippen LogP contribution in [0.5, 0.6) is 0 Å². The standard InChI is InChI=1S/C20H19N5O/c21-20-22-12-15-13-25(10-9-16(15)24-20)19-8-4-7-17(23-19)18(26)11-14-5-2-1-3-6-14/h1-8,12H,9-11,13H2,(H2,21,22,24). The quantitative estimate of drug-likeness (QED) is 0.731. The zero-order valence-corrected chi connectivity index (χ0v) is 14.3. The molecule has 6 heteroatoms. The number of nitrogens with two attached hydrogens (primary N) is 1. The molecule has 1 aliphatic heterocycles. The summed E-state index contributed by atoms with van der Waals surface area (Å²) in [5.74, 6) is 1.13. The molecule has 130 valence electrons. The lowest BCUT2D eigenvalue weighted by Gasteiger charge is -2.29. The summed E-state index contributed by atoms with van der Waals surface area (Å²) in [5, 5.41) is 0. The van der Waals surface area contributed by atoms with Gasteiger partial charge in [0.1, 0.15) is 11.5 Å². The number of hydrogen-bond donors (Lipinski definition) is 1. The van der Waals surface area contributed by atoms with Gasteiger partial charge < -0.3 is 10.6 Å². The highest BCUT2D eigenvalue weighted by molar-refractivity contribution is 5.96. The van der Waals surface area contributed by atoms with E-state index in [9.17, 15) is 4.79 Å². The van der Waals surface area contributed by atoms with Crippen molar-refractivity contribution in [3.63, 3.8) is 0 Å². The van der Waals surface area contributed by atoms with E-state index in [-0.39, 0.29) is 5.78 Å². The smallest absolute Gasteiger partial charge is 0.220 e. The molecule has 0 aliphatic carbocycles. The van der Waals surface area contributed by atoms with E-state index in [2.05, 4.69) is 19.9 Å². The monoisotopic (exact) mass is 345 g/mol. The zero-order chi connectivity index (χ0) is 17.9. The number of Topliss-reactive ketones (excluding diaryl/α,β-unsaturated/α-hetero) is 1. The molecule has 26 heavy (non-hydrogen) atoms. The van der Waals surface area contributed by atoms with Crippen molar-refractivity contribution in [3.05, 3.63) is 77.2 Å². The SMILES string of the molecule is Nc1ncc2c(n1)CCN(c1cccc(C(=O)Cc3ccccc3)n1)C2. The van der Waals surface area contributed by atoms with Crippen LogP contribution in [0.1, 0.15) is 27.3 Å². The highest BCUT2D eigenvalue weighted by atomic mass is 16.1. The molecule has 1 aliphatic rings. The summed E-state index contributed by atoms with van der Waals surface area (Å²) in [5.41, 5.74) is 9.18. The summed E-state index contributed by atoms with van der Waals surface area (Å²) in [6.45, 7) is 1.45. The van der Waals surface area contributed by atoms with Crippen LogP contribution in [0.4, 0.5) is 11.8 Å². The molecule has 0 bridgehead atoms. The summed E-state index contributed by atoms with van der Waals surface area (Å²) in [4.78, 5) is 27.7. The molecular weight excluding hydrogens is 326 g/mol. The molecule has 3 aromatic rings. The fraction of sp³-hybridized carbons (Fsp3) is 0.200. The van der Waals surface area contributed by atoms with Crippen LogP contribution < -0.4 is 10.6 Å². The second-order valence-electron chi connectivity index (χ2n) is 6.34. The number of nitrogen functional groups attached to an aromatic ring is 1. The zero-order valence-electron chi connectivity index (χ0n) is 14.3.